The van der Waals surface area contributed by atoms with Crippen molar-refractivity contribution >= 4 is 5.95 Å². The lowest BCUT2D eigenvalue weighted by Crippen LogP contribution is -2.30. The average Bonchev–Trinajstić information content (AvgIpc) is 2.79. The van der Waals surface area contributed by atoms with E-state index in [0.717, 1.165) is 19.6 Å². The topological polar surface area (TPSA) is 54.2 Å². The molecule has 1 N–H and O–H groups in total. The third-order valence-electron chi connectivity index (χ3n) is 3.14. The van der Waals surface area contributed by atoms with Crippen LogP contribution in [-0.4, -0.2) is 35.8 Å². The fourth-order valence-electron chi connectivity index (χ4n) is 1.76. The quantitative estimate of drug-likeness (QED) is 0.790. The summed E-state index contributed by atoms with van der Waals surface area (Å²) in [5.41, 5.74) is 0. The highest BCUT2D eigenvalue weighted by molar-refractivity contribution is 5.27. The first-order valence-corrected chi connectivity index (χ1v) is 6.45. The van der Waals surface area contributed by atoms with E-state index in [1.165, 1.54) is 0 Å². The summed E-state index contributed by atoms with van der Waals surface area (Å²) in [6.45, 7) is 13.2. The van der Waals surface area contributed by atoms with Crippen molar-refractivity contribution in [3.8, 4) is 0 Å². The molecule has 5 heteroatoms. The smallest absolute Gasteiger partial charge is 0.266 e. The summed E-state index contributed by atoms with van der Waals surface area (Å²) in [6, 6.07) is 0.338. The number of hydrogen-bond acceptors (Lipinski definition) is 5. The highest BCUT2D eigenvalue weighted by Gasteiger charge is 2.21. The molecule has 0 amide bonds. The van der Waals surface area contributed by atoms with Gasteiger partial charge < -0.3 is 14.7 Å². The van der Waals surface area contributed by atoms with Crippen molar-refractivity contribution in [3.05, 3.63) is 5.89 Å². The standard InChI is InChI=1S/C12H24N4O/c1-6-13-10(5)9(4)11-14-12(15-17-11)16(7-2)8-3/h9-10,13H,6-8H2,1-5H3. The Hall–Kier alpha value is -1.10. The first kappa shape index (κ1) is 14.0. The molecule has 5 nitrogen and oxygen atoms in total. The SMILES string of the molecule is CCNC(C)C(C)c1nc(N(CC)CC)no1. The summed E-state index contributed by atoms with van der Waals surface area (Å²) < 4.78 is 5.34. The second-order valence-electron chi connectivity index (χ2n) is 4.24. The second kappa shape index (κ2) is 6.59. The van der Waals surface area contributed by atoms with Crippen molar-refractivity contribution in [2.24, 2.45) is 0 Å². The van der Waals surface area contributed by atoms with Crippen LogP contribution < -0.4 is 10.2 Å². The largest absolute Gasteiger partial charge is 0.339 e. The Morgan fingerprint density at radius 3 is 2.41 bits per heavy atom. The molecule has 1 heterocycles. The van der Waals surface area contributed by atoms with Gasteiger partial charge in [-0.2, -0.15) is 4.98 Å². The van der Waals surface area contributed by atoms with E-state index in [0.29, 0.717) is 17.9 Å². The monoisotopic (exact) mass is 240 g/mol. The number of hydrogen-bond donors (Lipinski definition) is 1. The van der Waals surface area contributed by atoms with Gasteiger partial charge in [-0.15, -0.1) is 0 Å². The average molecular weight is 240 g/mol. The number of nitrogens with one attached hydrogen (secondary N) is 1. The highest BCUT2D eigenvalue weighted by atomic mass is 16.5. The Kier molecular flexibility index (Phi) is 5.41. The van der Waals surface area contributed by atoms with Gasteiger partial charge in [0, 0.05) is 19.1 Å². The lowest BCUT2D eigenvalue weighted by Gasteiger charge is -2.17. The molecule has 0 radical (unpaired) electrons. The molecule has 0 saturated carbocycles. The van der Waals surface area contributed by atoms with Crippen molar-refractivity contribution in [1.29, 1.82) is 0 Å². The van der Waals surface area contributed by atoms with Crippen LogP contribution in [0.25, 0.3) is 0 Å². The first-order valence-electron chi connectivity index (χ1n) is 6.45. The van der Waals surface area contributed by atoms with Crippen LogP contribution in [0.4, 0.5) is 5.95 Å². The van der Waals surface area contributed by atoms with Gasteiger partial charge in [-0.3, -0.25) is 0 Å². The molecule has 1 aromatic rings. The predicted molar refractivity (Wildman–Crippen MR) is 69.4 cm³/mol. The number of rotatable bonds is 7. The van der Waals surface area contributed by atoms with Gasteiger partial charge in [0.15, 0.2) is 0 Å². The van der Waals surface area contributed by atoms with E-state index in [2.05, 4.69) is 55.0 Å². The van der Waals surface area contributed by atoms with Crippen LogP contribution in [0.1, 0.15) is 46.4 Å². The first-order chi connectivity index (χ1) is 8.13. The van der Waals surface area contributed by atoms with Crippen molar-refractivity contribution in [1.82, 2.24) is 15.5 Å². The van der Waals surface area contributed by atoms with E-state index in [4.69, 9.17) is 4.52 Å². The molecule has 1 aromatic heterocycles. The number of anilines is 1. The minimum absolute atomic E-state index is 0.228. The fraction of sp³-hybridized carbons (Fsp3) is 0.833. The molecule has 2 unspecified atom stereocenters. The molecule has 0 bridgehead atoms. The van der Waals surface area contributed by atoms with Gasteiger partial charge in [-0.25, -0.2) is 0 Å². The third-order valence-corrected chi connectivity index (χ3v) is 3.14. The predicted octanol–water partition coefficient (Wildman–Crippen LogP) is 2.02. The summed E-state index contributed by atoms with van der Waals surface area (Å²) in [7, 11) is 0. The van der Waals surface area contributed by atoms with Crippen LogP contribution in [0.3, 0.4) is 0 Å². The number of likely N-dealkylation sites (N-methyl/N-ethyl adjacent to an activating group) is 1. The maximum absolute atomic E-state index is 5.34. The molecule has 0 aromatic carbocycles. The van der Waals surface area contributed by atoms with Crippen molar-refractivity contribution < 1.29 is 4.52 Å². The normalized spacial score (nSPS) is 14.6. The summed E-state index contributed by atoms with van der Waals surface area (Å²) in [5.74, 6) is 1.63. The van der Waals surface area contributed by atoms with Crippen molar-refractivity contribution in [2.75, 3.05) is 24.5 Å². The van der Waals surface area contributed by atoms with E-state index in [1.807, 2.05) is 0 Å². The third kappa shape index (κ3) is 3.43. The van der Waals surface area contributed by atoms with Crippen LogP contribution in [0.15, 0.2) is 4.52 Å². The van der Waals surface area contributed by atoms with E-state index in [-0.39, 0.29) is 5.92 Å². The Morgan fingerprint density at radius 1 is 1.24 bits per heavy atom. The minimum atomic E-state index is 0.228. The molecule has 17 heavy (non-hydrogen) atoms. The zero-order valence-corrected chi connectivity index (χ0v) is 11.5. The Bertz CT molecular complexity index is 322. The van der Waals surface area contributed by atoms with Gasteiger partial charge in [0.1, 0.15) is 0 Å². The molecule has 98 valence electrons. The van der Waals surface area contributed by atoms with E-state index in [1.54, 1.807) is 0 Å². The van der Waals surface area contributed by atoms with Crippen LogP contribution in [0.5, 0.6) is 0 Å². The lowest BCUT2D eigenvalue weighted by atomic mass is 10.0. The lowest BCUT2D eigenvalue weighted by molar-refractivity contribution is 0.332. The molecule has 0 aliphatic carbocycles. The maximum Gasteiger partial charge on any atom is 0.266 e. The van der Waals surface area contributed by atoms with Crippen LogP contribution >= 0.6 is 0 Å². The van der Waals surface area contributed by atoms with Gasteiger partial charge in [-0.1, -0.05) is 13.8 Å². The van der Waals surface area contributed by atoms with E-state index in [9.17, 15) is 0 Å². The molecule has 2 atom stereocenters. The van der Waals surface area contributed by atoms with E-state index >= 15 is 0 Å². The number of nitrogens with zero attached hydrogens (tertiary/aromatic N) is 3. The van der Waals surface area contributed by atoms with Crippen LogP contribution in [0, 0.1) is 0 Å². The molecule has 1 rings (SSSR count). The molecule has 0 spiro atoms. The van der Waals surface area contributed by atoms with Crippen molar-refractivity contribution in [3.63, 3.8) is 0 Å². The maximum atomic E-state index is 5.34. The summed E-state index contributed by atoms with van der Waals surface area (Å²) in [6.07, 6.45) is 0. The molecule has 0 saturated heterocycles. The Morgan fingerprint density at radius 2 is 1.88 bits per heavy atom. The Balaban J connectivity index is 2.73. The summed E-state index contributed by atoms with van der Waals surface area (Å²) in [5, 5.41) is 7.40. The fourth-order valence-corrected chi connectivity index (χ4v) is 1.76. The molecule has 0 aliphatic heterocycles. The van der Waals surface area contributed by atoms with E-state index < -0.39 is 0 Å². The molecule has 0 aliphatic rings. The zero-order chi connectivity index (χ0) is 12.8. The van der Waals surface area contributed by atoms with Gasteiger partial charge in [0.05, 0.1) is 5.92 Å². The van der Waals surface area contributed by atoms with Gasteiger partial charge in [0.25, 0.3) is 5.95 Å². The highest BCUT2D eigenvalue weighted by Crippen LogP contribution is 2.19. The van der Waals surface area contributed by atoms with Gasteiger partial charge >= 0.3 is 0 Å². The zero-order valence-electron chi connectivity index (χ0n) is 11.5. The summed E-state index contributed by atoms with van der Waals surface area (Å²) >= 11 is 0. The van der Waals surface area contributed by atoms with Crippen molar-refractivity contribution in [2.45, 2.75) is 46.6 Å². The Labute approximate surface area is 104 Å². The minimum Gasteiger partial charge on any atom is -0.339 e. The van der Waals surface area contributed by atoms with Gasteiger partial charge in [-0.05, 0) is 32.5 Å². The van der Waals surface area contributed by atoms with Gasteiger partial charge in [0.2, 0.25) is 5.89 Å². The van der Waals surface area contributed by atoms with Crippen LogP contribution in [0.2, 0.25) is 0 Å². The molecule has 0 fully saturated rings. The van der Waals surface area contributed by atoms with Crippen LogP contribution in [-0.2, 0) is 0 Å². The second-order valence-corrected chi connectivity index (χ2v) is 4.24. The summed E-state index contributed by atoms with van der Waals surface area (Å²) in [4.78, 5) is 6.54. The number of aromatic nitrogens is 2. The molecular weight excluding hydrogens is 216 g/mol. The molecular formula is C12H24N4O.